The molecular weight excluding hydrogens is 266 g/mol. The Hall–Kier alpha value is -2.81. The number of urea groups is 1. The Balaban J connectivity index is 1.72. The Morgan fingerprint density at radius 3 is 2.86 bits per heavy atom. The summed E-state index contributed by atoms with van der Waals surface area (Å²) in [5.74, 6) is 6.59. The minimum Gasteiger partial charge on any atom is -0.331 e. The van der Waals surface area contributed by atoms with Gasteiger partial charge in [0.2, 0.25) is 0 Å². The van der Waals surface area contributed by atoms with E-state index in [-0.39, 0.29) is 6.03 Å². The van der Waals surface area contributed by atoms with Crippen molar-refractivity contribution in [2.45, 2.75) is 20.0 Å². The van der Waals surface area contributed by atoms with E-state index in [0.717, 1.165) is 17.9 Å². The summed E-state index contributed by atoms with van der Waals surface area (Å²) in [6, 6.07) is 9.35. The highest BCUT2D eigenvalue weighted by Gasteiger charge is 2.04. The van der Waals surface area contributed by atoms with Crippen LogP contribution in [0.4, 0.5) is 4.79 Å². The molecule has 1 aromatic heterocycles. The molecule has 6 nitrogen and oxygen atoms in total. The molecule has 0 spiro atoms. The van der Waals surface area contributed by atoms with Gasteiger partial charge in [0.15, 0.2) is 5.82 Å². The minimum absolute atomic E-state index is 0.275. The zero-order valence-corrected chi connectivity index (χ0v) is 11.8. The van der Waals surface area contributed by atoms with Gasteiger partial charge in [0.1, 0.15) is 6.33 Å². The van der Waals surface area contributed by atoms with Crippen LogP contribution in [0.1, 0.15) is 18.3 Å². The van der Waals surface area contributed by atoms with Gasteiger partial charge in [-0.05, 0) is 19.1 Å². The molecule has 0 aliphatic carbocycles. The van der Waals surface area contributed by atoms with Crippen LogP contribution in [-0.2, 0) is 13.1 Å². The van der Waals surface area contributed by atoms with Crippen LogP contribution >= 0.6 is 0 Å². The maximum atomic E-state index is 11.6. The average molecular weight is 283 g/mol. The number of aromatic nitrogens is 3. The first-order chi connectivity index (χ1) is 10.3. The van der Waals surface area contributed by atoms with Crippen LogP contribution in [0.3, 0.4) is 0 Å². The lowest BCUT2D eigenvalue weighted by Crippen LogP contribution is -2.35. The molecule has 0 saturated heterocycles. The number of nitrogens with one attached hydrogen (secondary N) is 2. The monoisotopic (exact) mass is 283 g/mol. The van der Waals surface area contributed by atoms with Gasteiger partial charge in [-0.15, -0.1) is 10.2 Å². The number of amides is 2. The van der Waals surface area contributed by atoms with Gasteiger partial charge < -0.3 is 15.2 Å². The molecule has 2 N–H and O–H groups in total. The molecular formula is C15H17N5O. The van der Waals surface area contributed by atoms with Gasteiger partial charge in [-0.2, -0.15) is 0 Å². The number of rotatable bonds is 4. The molecule has 2 amide bonds. The summed E-state index contributed by atoms with van der Waals surface area (Å²) >= 11 is 0. The summed E-state index contributed by atoms with van der Waals surface area (Å²) in [7, 11) is 0. The first kappa shape index (κ1) is 14.6. The van der Waals surface area contributed by atoms with Crippen LogP contribution in [0.5, 0.6) is 0 Å². The molecule has 0 radical (unpaired) electrons. The predicted molar refractivity (Wildman–Crippen MR) is 79.3 cm³/mol. The molecule has 1 aromatic carbocycles. The zero-order chi connectivity index (χ0) is 14.9. The predicted octanol–water partition coefficient (Wildman–Crippen LogP) is 1.15. The van der Waals surface area contributed by atoms with Crippen LogP contribution in [0.25, 0.3) is 0 Å². The largest absolute Gasteiger partial charge is 0.331 e. The van der Waals surface area contributed by atoms with E-state index in [1.165, 1.54) is 0 Å². The van der Waals surface area contributed by atoms with E-state index in [1.807, 2.05) is 41.8 Å². The van der Waals surface area contributed by atoms with Crippen molar-refractivity contribution >= 4 is 6.03 Å². The summed E-state index contributed by atoms with van der Waals surface area (Å²) < 4.78 is 1.87. The van der Waals surface area contributed by atoms with Crippen molar-refractivity contribution in [3.8, 4) is 11.8 Å². The zero-order valence-electron chi connectivity index (χ0n) is 11.8. The maximum absolute atomic E-state index is 11.6. The second kappa shape index (κ2) is 7.70. The van der Waals surface area contributed by atoms with Gasteiger partial charge in [-0.1, -0.05) is 30.0 Å². The first-order valence-corrected chi connectivity index (χ1v) is 6.72. The van der Waals surface area contributed by atoms with Crippen LogP contribution in [0.15, 0.2) is 36.7 Å². The van der Waals surface area contributed by atoms with Crippen molar-refractivity contribution < 1.29 is 4.79 Å². The van der Waals surface area contributed by atoms with Crippen molar-refractivity contribution in [3.63, 3.8) is 0 Å². The Labute approximate surface area is 123 Å². The highest BCUT2D eigenvalue weighted by atomic mass is 16.2. The maximum Gasteiger partial charge on any atom is 0.315 e. The number of carbonyl (C=O) groups excluding carboxylic acids is 1. The lowest BCUT2D eigenvalue weighted by Gasteiger charge is -2.05. The number of hydrogen-bond acceptors (Lipinski definition) is 3. The number of nitrogens with zero attached hydrogens (tertiary/aromatic N) is 3. The second-order valence-corrected chi connectivity index (χ2v) is 4.24. The molecule has 6 heteroatoms. The summed E-state index contributed by atoms with van der Waals surface area (Å²) in [5.41, 5.74) is 0.927. The molecule has 0 bridgehead atoms. The van der Waals surface area contributed by atoms with Crippen molar-refractivity contribution in [2.24, 2.45) is 0 Å². The Morgan fingerprint density at radius 2 is 2.10 bits per heavy atom. The topological polar surface area (TPSA) is 71.8 Å². The van der Waals surface area contributed by atoms with E-state index in [9.17, 15) is 4.79 Å². The lowest BCUT2D eigenvalue weighted by atomic mass is 10.2. The summed E-state index contributed by atoms with van der Waals surface area (Å²) in [6.07, 6.45) is 1.64. The second-order valence-electron chi connectivity index (χ2n) is 4.24. The van der Waals surface area contributed by atoms with E-state index in [1.54, 1.807) is 6.33 Å². The van der Waals surface area contributed by atoms with Gasteiger partial charge in [0.25, 0.3) is 0 Å². The van der Waals surface area contributed by atoms with Crippen LogP contribution in [0.2, 0.25) is 0 Å². The molecule has 0 fully saturated rings. The van der Waals surface area contributed by atoms with E-state index in [2.05, 4.69) is 32.7 Å². The van der Waals surface area contributed by atoms with Gasteiger partial charge in [-0.25, -0.2) is 4.79 Å². The first-order valence-electron chi connectivity index (χ1n) is 6.72. The molecule has 1 heterocycles. The fourth-order valence-corrected chi connectivity index (χ4v) is 1.69. The molecule has 2 rings (SSSR count). The third-order valence-electron chi connectivity index (χ3n) is 2.79. The van der Waals surface area contributed by atoms with Gasteiger partial charge in [-0.3, -0.25) is 0 Å². The van der Waals surface area contributed by atoms with Crippen molar-refractivity contribution in [1.82, 2.24) is 25.4 Å². The smallest absolute Gasteiger partial charge is 0.315 e. The normalized spacial score (nSPS) is 9.57. The summed E-state index contributed by atoms with van der Waals surface area (Å²) in [5, 5.41) is 13.1. The lowest BCUT2D eigenvalue weighted by molar-refractivity contribution is 0.241. The average Bonchev–Trinajstić information content (AvgIpc) is 2.98. The highest BCUT2D eigenvalue weighted by molar-refractivity contribution is 5.74. The molecule has 0 unspecified atom stereocenters. The fourth-order valence-electron chi connectivity index (χ4n) is 1.69. The Morgan fingerprint density at radius 1 is 1.29 bits per heavy atom. The highest BCUT2D eigenvalue weighted by Crippen LogP contribution is 1.94. The number of aryl methyl sites for hydroxylation is 1. The molecule has 21 heavy (non-hydrogen) atoms. The van der Waals surface area contributed by atoms with Crippen molar-refractivity contribution in [2.75, 3.05) is 6.54 Å². The minimum atomic E-state index is -0.275. The Bertz CT molecular complexity index is 639. The summed E-state index contributed by atoms with van der Waals surface area (Å²) in [4.78, 5) is 11.6. The van der Waals surface area contributed by atoms with Crippen molar-refractivity contribution in [1.29, 1.82) is 0 Å². The molecule has 2 aromatic rings. The van der Waals surface area contributed by atoms with E-state index >= 15 is 0 Å². The van der Waals surface area contributed by atoms with Gasteiger partial charge in [0, 0.05) is 12.1 Å². The number of carbonyl (C=O) groups is 1. The standard InChI is InChI=1S/C15H17N5O/c1-2-20-12-18-19-14(20)11-17-15(21)16-10-6-9-13-7-4-3-5-8-13/h3-5,7-8,12H,2,10-11H2,1H3,(H2,16,17,21). The van der Waals surface area contributed by atoms with Gasteiger partial charge in [0.05, 0.1) is 13.1 Å². The molecule has 0 atom stereocenters. The third-order valence-corrected chi connectivity index (χ3v) is 2.79. The van der Waals surface area contributed by atoms with Crippen LogP contribution in [-0.4, -0.2) is 27.3 Å². The molecule has 0 aliphatic heterocycles. The quantitative estimate of drug-likeness (QED) is 0.827. The van der Waals surface area contributed by atoms with E-state index < -0.39 is 0 Å². The van der Waals surface area contributed by atoms with Crippen LogP contribution in [0, 0.1) is 11.8 Å². The Kier molecular flexibility index (Phi) is 5.35. The molecule has 0 aliphatic rings. The SMILES string of the molecule is CCn1cnnc1CNC(=O)NCC#Cc1ccccc1. The van der Waals surface area contributed by atoms with E-state index in [0.29, 0.717) is 13.1 Å². The number of benzene rings is 1. The fraction of sp³-hybridized carbons (Fsp3) is 0.267. The van der Waals surface area contributed by atoms with Gasteiger partial charge >= 0.3 is 6.03 Å². The third kappa shape index (κ3) is 4.66. The molecule has 108 valence electrons. The van der Waals surface area contributed by atoms with Crippen molar-refractivity contribution in [3.05, 3.63) is 48.0 Å². The van der Waals surface area contributed by atoms with Crippen LogP contribution < -0.4 is 10.6 Å². The number of hydrogen-bond donors (Lipinski definition) is 2. The van der Waals surface area contributed by atoms with E-state index in [4.69, 9.17) is 0 Å². The summed E-state index contributed by atoms with van der Waals surface area (Å²) in [6.45, 7) is 3.40. The molecule has 0 saturated carbocycles.